The Bertz CT molecular complexity index is 595. The number of hydrogen-bond donors (Lipinski definition) is 1. The van der Waals surface area contributed by atoms with Gasteiger partial charge >= 0.3 is 0 Å². The van der Waals surface area contributed by atoms with E-state index in [2.05, 4.69) is 66.2 Å². The molecule has 0 aliphatic heterocycles. The predicted molar refractivity (Wildman–Crippen MR) is 89.4 cm³/mol. The van der Waals surface area contributed by atoms with E-state index in [1.807, 2.05) is 6.07 Å². The van der Waals surface area contributed by atoms with Crippen molar-refractivity contribution in [3.8, 4) is 0 Å². The van der Waals surface area contributed by atoms with Crippen LogP contribution >= 0.6 is 0 Å². The molecule has 1 heterocycles. The van der Waals surface area contributed by atoms with E-state index >= 15 is 0 Å². The second-order valence-corrected chi connectivity index (χ2v) is 5.48. The third-order valence-corrected chi connectivity index (χ3v) is 3.54. The van der Waals surface area contributed by atoms with Gasteiger partial charge in [-0.25, -0.2) is 9.97 Å². The number of anilines is 3. The molecule has 0 unspecified atom stereocenters. The molecule has 0 aliphatic rings. The van der Waals surface area contributed by atoms with Crippen molar-refractivity contribution in [3.63, 3.8) is 0 Å². The minimum Gasteiger partial charge on any atom is -0.360 e. The van der Waals surface area contributed by atoms with Crippen molar-refractivity contribution < 1.29 is 0 Å². The number of nitrogens with zero attached hydrogens (tertiary/aromatic N) is 3. The third-order valence-electron chi connectivity index (χ3n) is 3.54. The van der Waals surface area contributed by atoms with Crippen LogP contribution in [0.1, 0.15) is 30.9 Å². The SMILES string of the molecule is CCCCN(C)c1cc(Nc2ccc(C)cc2C)ncn1. The Labute approximate surface area is 127 Å². The number of nitrogens with one attached hydrogen (secondary N) is 1. The lowest BCUT2D eigenvalue weighted by molar-refractivity contribution is 0.758. The van der Waals surface area contributed by atoms with Gasteiger partial charge in [0.2, 0.25) is 0 Å². The molecule has 1 aromatic carbocycles. The van der Waals surface area contributed by atoms with Crippen LogP contribution in [-0.4, -0.2) is 23.6 Å². The Morgan fingerprint density at radius 1 is 1.14 bits per heavy atom. The second-order valence-electron chi connectivity index (χ2n) is 5.48. The highest BCUT2D eigenvalue weighted by molar-refractivity contribution is 5.62. The van der Waals surface area contributed by atoms with Crippen LogP contribution in [-0.2, 0) is 0 Å². The molecule has 21 heavy (non-hydrogen) atoms. The fourth-order valence-corrected chi connectivity index (χ4v) is 2.23. The van der Waals surface area contributed by atoms with Crippen LogP contribution in [0.4, 0.5) is 17.3 Å². The fraction of sp³-hybridized carbons (Fsp3) is 0.412. The molecule has 0 amide bonds. The van der Waals surface area contributed by atoms with E-state index in [-0.39, 0.29) is 0 Å². The van der Waals surface area contributed by atoms with Crippen LogP contribution < -0.4 is 10.2 Å². The van der Waals surface area contributed by atoms with Crippen LogP contribution in [0.2, 0.25) is 0 Å². The van der Waals surface area contributed by atoms with Crippen molar-refractivity contribution in [2.24, 2.45) is 0 Å². The topological polar surface area (TPSA) is 41.0 Å². The van der Waals surface area contributed by atoms with Gasteiger partial charge in [0, 0.05) is 25.3 Å². The van der Waals surface area contributed by atoms with E-state index in [0.717, 1.165) is 23.9 Å². The van der Waals surface area contributed by atoms with Crippen molar-refractivity contribution in [1.82, 2.24) is 9.97 Å². The zero-order valence-corrected chi connectivity index (χ0v) is 13.3. The summed E-state index contributed by atoms with van der Waals surface area (Å²) in [7, 11) is 2.07. The van der Waals surface area contributed by atoms with Crippen LogP contribution in [0.5, 0.6) is 0 Å². The zero-order valence-electron chi connectivity index (χ0n) is 13.3. The number of rotatable bonds is 6. The maximum atomic E-state index is 4.35. The molecule has 0 fully saturated rings. The number of unbranched alkanes of at least 4 members (excludes halogenated alkanes) is 1. The first-order chi connectivity index (χ1) is 10.1. The lowest BCUT2D eigenvalue weighted by Gasteiger charge is -2.18. The minimum atomic E-state index is 0.829. The molecule has 2 aromatic rings. The largest absolute Gasteiger partial charge is 0.360 e. The summed E-state index contributed by atoms with van der Waals surface area (Å²) < 4.78 is 0. The van der Waals surface area contributed by atoms with Gasteiger partial charge in [0.25, 0.3) is 0 Å². The number of benzene rings is 1. The van der Waals surface area contributed by atoms with E-state index in [0.29, 0.717) is 0 Å². The van der Waals surface area contributed by atoms with Gasteiger partial charge < -0.3 is 10.2 Å². The van der Waals surface area contributed by atoms with Crippen molar-refractivity contribution in [2.45, 2.75) is 33.6 Å². The molecule has 0 saturated heterocycles. The molecule has 0 saturated carbocycles. The first-order valence-corrected chi connectivity index (χ1v) is 7.47. The number of aromatic nitrogens is 2. The second kappa shape index (κ2) is 7.07. The Morgan fingerprint density at radius 3 is 2.67 bits per heavy atom. The van der Waals surface area contributed by atoms with Gasteiger partial charge in [-0.05, 0) is 31.9 Å². The predicted octanol–water partition coefficient (Wildman–Crippen LogP) is 4.07. The monoisotopic (exact) mass is 284 g/mol. The molecule has 0 atom stereocenters. The normalized spacial score (nSPS) is 10.5. The van der Waals surface area contributed by atoms with Gasteiger partial charge in [-0.1, -0.05) is 31.0 Å². The smallest absolute Gasteiger partial charge is 0.135 e. The standard InChI is InChI=1S/C17H24N4/c1-5-6-9-21(4)17-11-16(18-12-19-17)20-15-8-7-13(2)10-14(15)3/h7-8,10-12H,5-6,9H2,1-4H3,(H,18,19,20). The summed E-state index contributed by atoms with van der Waals surface area (Å²) in [5.41, 5.74) is 3.57. The zero-order chi connectivity index (χ0) is 15.2. The van der Waals surface area contributed by atoms with Crippen molar-refractivity contribution >= 4 is 17.3 Å². The molecular formula is C17H24N4. The average Bonchev–Trinajstić information content (AvgIpc) is 2.48. The summed E-state index contributed by atoms with van der Waals surface area (Å²) in [5.74, 6) is 1.78. The maximum Gasteiger partial charge on any atom is 0.135 e. The van der Waals surface area contributed by atoms with Gasteiger partial charge in [-0.3, -0.25) is 0 Å². The van der Waals surface area contributed by atoms with Crippen LogP contribution in [0, 0.1) is 13.8 Å². The summed E-state index contributed by atoms with van der Waals surface area (Å²) in [6, 6.07) is 8.35. The van der Waals surface area contributed by atoms with E-state index < -0.39 is 0 Å². The summed E-state index contributed by atoms with van der Waals surface area (Å²) in [4.78, 5) is 10.8. The van der Waals surface area contributed by atoms with Gasteiger partial charge in [-0.2, -0.15) is 0 Å². The molecule has 112 valence electrons. The first-order valence-electron chi connectivity index (χ1n) is 7.47. The molecule has 4 heteroatoms. The maximum absolute atomic E-state index is 4.35. The molecular weight excluding hydrogens is 260 g/mol. The molecule has 0 bridgehead atoms. The quantitative estimate of drug-likeness (QED) is 0.868. The Kier molecular flexibility index (Phi) is 5.14. The molecule has 0 spiro atoms. The van der Waals surface area contributed by atoms with E-state index in [1.54, 1.807) is 6.33 Å². The van der Waals surface area contributed by atoms with Crippen molar-refractivity contribution in [1.29, 1.82) is 0 Å². The summed E-state index contributed by atoms with van der Waals surface area (Å²) >= 11 is 0. The summed E-state index contributed by atoms with van der Waals surface area (Å²) in [5, 5.41) is 3.37. The lowest BCUT2D eigenvalue weighted by Crippen LogP contribution is -2.19. The molecule has 1 aromatic heterocycles. The first kappa shape index (κ1) is 15.3. The van der Waals surface area contributed by atoms with Gasteiger partial charge in [-0.15, -0.1) is 0 Å². The highest BCUT2D eigenvalue weighted by atomic mass is 15.2. The summed E-state index contributed by atoms with van der Waals surface area (Å²) in [6.07, 6.45) is 3.97. The lowest BCUT2D eigenvalue weighted by atomic mass is 10.1. The average molecular weight is 284 g/mol. The van der Waals surface area contributed by atoms with Gasteiger partial charge in [0.15, 0.2) is 0 Å². The summed E-state index contributed by atoms with van der Waals surface area (Å²) in [6.45, 7) is 7.41. The number of aryl methyl sites for hydroxylation is 2. The molecule has 2 rings (SSSR count). The van der Waals surface area contributed by atoms with E-state index in [1.165, 1.54) is 24.0 Å². The number of hydrogen-bond acceptors (Lipinski definition) is 4. The fourth-order valence-electron chi connectivity index (χ4n) is 2.23. The van der Waals surface area contributed by atoms with Crippen LogP contribution in [0.25, 0.3) is 0 Å². The highest BCUT2D eigenvalue weighted by Crippen LogP contribution is 2.22. The van der Waals surface area contributed by atoms with Crippen molar-refractivity contribution in [2.75, 3.05) is 23.8 Å². The van der Waals surface area contributed by atoms with Gasteiger partial charge in [0.1, 0.15) is 18.0 Å². The van der Waals surface area contributed by atoms with Gasteiger partial charge in [0.05, 0.1) is 0 Å². The van der Waals surface area contributed by atoms with Crippen molar-refractivity contribution in [3.05, 3.63) is 41.7 Å². The molecule has 1 N–H and O–H groups in total. The molecule has 4 nitrogen and oxygen atoms in total. The molecule has 0 radical (unpaired) electrons. The van der Waals surface area contributed by atoms with E-state index in [4.69, 9.17) is 0 Å². The third kappa shape index (κ3) is 4.18. The Balaban J connectivity index is 2.13. The van der Waals surface area contributed by atoms with Crippen LogP contribution in [0.3, 0.4) is 0 Å². The van der Waals surface area contributed by atoms with E-state index in [9.17, 15) is 0 Å². The Morgan fingerprint density at radius 2 is 1.95 bits per heavy atom. The minimum absolute atomic E-state index is 0.829. The van der Waals surface area contributed by atoms with Crippen LogP contribution in [0.15, 0.2) is 30.6 Å². The Hall–Kier alpha value is -2.10. The highest BCUT2D eigenvalue weighted by Gasteiger charge is 2.05. The molecule has 0 aliphatic carbocycles.